The Balaban J connectivity index is 1.84. The first-order valence-electron chi connectivity index (χ1n) is 10.2. The number of aromatic nitrogens is 2. The normalized spacial score (nSPS) is 11.2. The maximum atomic E-state index is 11.9. The molecule has 1 N–H and O–H groups in total. The van der Waals surface area contributed by atoms with E-state index in [0.29, 0.717) is 47.5 Å². The molecule has 0 saturated heterocycles. The molecule has 0 radical (unpaired) electrons. The molecule has 1 aromatic heterocycles. The third-order valence-corrected chi connectivity index (χ3v) is 4.40. The van der Waals surface area contributed by atoms with E-state index in [2.05, 4.69) is 5.32 Å². The summed E-state index contributed by atoms with van der Waals surface area (Å²) in [5.74, 6) is -0.0718. The van der Waals surface area contributed by atoms with E-state index in [-0.39, 0.29) is 5.97 Å². The SMILES string of the molecule is COC(=O)c1ccc2nc(-c3ccccc3)c(NCCCC(=O)OC(C)(C)C)nc2c1. The molecule has 0 amide bonds. The minimum absolute atomic E-state index is 0.232. The van der Waals surface area contributed by atoms with Gasteiger partial charge >= 0.3 is 11.9 Å². The molecule has 0 saturated carbocycles. The van der Waals surface area contributed by atoms with E-state index >= 15 is 0 Å². The molecular formula is C24H27N3O4. The van der Waals surface area contributed by atoms with Crippen LogP contribution in [-0.2, 0) is 14.3 Å². The van der Waals surface area contributed by atoms with Gasteiger partial charge in [-0.25, -0.2) is 14.8 Å². The van der Waals surface area contributed by atoms with Crippen molar-refractivity contribution in [3.05, 3.63) is 54.1 Å². The van der Waals surface area contributed by atoms with Crippen LogP contribution < -0.4 is 5.32 Å². The lowest BCUT2D eigenvalue weighted by molar-refractivity contribution is -0.154. The maximum Gasteiger partial charge on any atom is 0.337 e. The number of fused-ring (bicyclic) bond motifs is 1. The van der Waals surface area contributed by atoms with Crippen molar-refractivity contribution in [2.45, 2.75) is 39.2 Å². The molecule has 3 rings (SSSR count). The Morgan fingerprint density at radius 3 is 2.42 bits per heavy atom. The highest BCUT2D eigenvalue weighted by atomic mass is 16.6. The summed E-state index contributed by atoms with van der Waals surface area (Å²) in [5, 5.41) is 3.29. The summed E-state index contributed by atoms with van der Waals surface area (Å²) < 4.78 is 10.1. The summed E-state index contributed by atoms with van der Waals surface area (Å²) in [6.07, 6.45) is 0.892. The number of carbonyl (C=O) groups is 2. The zero-order valence-corrected chi connectivity index (χ0v) is 18.3. The van der Waals surface area contributed by atoms with E-state index in [9.17, 15) is 9.59 Å². The van der Waals surface area contributed by atoms with Crippen LogP contribution in [0.4, 0.5) is 5.82 Å². The fraction of sp³-hybridized carbons (Fsp3) is 0.333. The molecule has 0 atom stereocenters. The predicted molar refractivity (Wildman–Crippen MR) is 120 cm³/mol. The molecule has 0 aliphatic rings. The Hall–Kier alpha value is -3.48. The number of benzene rings is 2. The van der Waals surface area contributed by atoms with Crippen LogP contribution in [0, 0.1) is 0 Å². The van der Waals surface area contributed by atoms with E-state index in [1.807, 2.05) is 51.1 Å². The Bertz CT molecular complexity index is 1080. The molecule has 1 heterocycles. The first kappa shape index (κ1) is 22.2. The summed E-state index contributed by atoms with van der Waals surface area (Å²) in [6, 6.07) is 14.8. The van der Waals surface area contributed by atoms with Gasteiger partial charge in [-0.3, -0.25) is 4.79 Å². The number of hydrogen-bond acceptors (Lipinski definition) is 7. The molecule has 7 heteroatoms. The Morgan fingerprint density at radius 1 is 1.00 bits per heavy atom. The van der Waals surface area contributed by atoms with Crippen LogP contribution in [0.5, 0.6) is 0 Å². The largest absolute Gasteiger partial charge is 0.465 e. The molecule has 7 nitrogen and oxygen atoms in total. The average molecular weight is 421 g/mol. The van der Waals surface area contributed by atoms with Gasteiger partial charge in [0.25, 0.3) is 0 Å². The summed E-state index contributed by atoms with van der Waals surface area (Å²) in [7, 11) is 1.34. The lowest BCUT2D eigenvalue weighted by Gasteiger charge is -2.19. The summed E-state index contributed by atoms with van der Waals surface area (Å²) in [4.78, 5) is 33.3. The molecule has 0 aliphatic carbocycles. The quantitative estimate of drug-likeness (QED) is 0.440. The Kier molecular flexibility index (Phi) is 6.84. The number of hydrogen-bond donors (Lipinski definition) is 1. The first-order valence-corrected chi connectivity index (χ1v) is 10.2. The first-order chi connectivity index (χ1) is 14.8. The van der Waals surface area contributed by atoms with Crippen molar-refractivity contribution in [1.82, 2.24) is 9.97 Å². The molecule has 2 aromatic carbocycles. The Morgan fingerprint density at radius 2 is 1.74 bits per heavy atom. The van der Waals surface area contributed by atoms with E-state index in [0.717, 1.165) is 5.56 Å². The van der Waals surface area contributed by atoms with Crippen molar-refractivity contribution in [3.63, 3.8) is 0 Å². The van der Waals surface area contributed by atoms with Crippen molar-refractivity contribution in [2.75, 3.05) is 19.0 Å². The average Bonchev–Trinajstić information content (AvgIpc) is 2.74. The molecule has 31 heavy (non-hydrogen) atoms. The van der Waals surface area contributed by atoms with E-state index < -0.39 is 11.6 Å². The van der Waals surface area contributed by atoms with Gasteiger partial charge in [-0.15, -0.1) is 0 Å². The molecule has 0 spiro atoms. The van der Waals surface area contributed by atoms with Gasteiger partial charge in [0, 0.05) is 18.5 Å². The van der Waals surface area contributed by atoms with Crippen molar-refractivity contribution in [3.8, 4) is 11.3 Å². The molecule has 0 aliphatic heterocycles. The van der Waals surface area contributed by atoms with Gasteiger partial charge in [0.1, 0.15) is 11.3 Å². The number of rotatable bonds is 7. The number of anilines is 1. The third kappa shape index (κ3) is 6.01. The predicted octanol–water partition coefficient (Wildman–Crippen LogP) is 4.62. The fourth-order valence-electron chi connectivity index (χ4n) is 3.05. The van der Waals surface area contributed by atoms with E-state index in [1.54, 1.807) is 18.2 Å². The number of carbonyl (C=O) groups excluding carboxylic acids is 2. The van der Waals surface area contributed by atoms with Gasteiger partial charge in [-0.05, 0) is 45.4 Å². The minimum Gasteiger partial charge on any atom is -0.465 e. The number of esters is 2. The van der Waals surface area contributed by atoms with Crippen LogP contribution in [0.15, 0.2) is 48.5 Å². The lowest BCUT2D eigenvalue weighted by Crippen LogP contribution is -2.24. The van der Waals surface area contributed by atoms with Crippen molar-refractivity contribution in [2.24, 2.45) is 0 Å². The highest BCUT2D eigenvalue weighted by Gasteiger charge is 2.16. The second kappa shape index (κ2) is 9.55. The summed E-state index contributed by atoms with van der Waals surface area (Å²) in [5.41, 5.74) is 2.79. The Labute approximate surface area is 181 Å². The van der Waals surface area contributed by atoms with E-state index in [4.69, 9.17) is 19.4 Å². The lowest BCUT2D eigenvalue weighted by atomic mass is 10.1. The number of nitrogens with zero attached hydrogens (tertiary/aromatic N) is 2. The van der Waals surface area contributed by atoms with Crippen LogP contribution in [0.2, 0.25) is 0 Å². The second-order valence-electron chi connectivity index (χ2n) is 8.10. The van der Waals surface area contributed by atoms with Gasteiger partial charge in [-0.2, -0.15) is 0 Å². The molecule has 0 unspecified atom stereocenters. The zero-order valence-electron chi connectivity index (χ0n) is 18.3. The molecule has 0 bridgehead atoms. The molecule has 162 valence electrons. The van der Waals surface area contributed by atoms with Crippen molar-refractivity contribution in [1.29, 1.82) is 0 Å². The van der Waals surface area contributed by atoms with Crippen LogP contribution in [0.3, 0.4) is 0 Å². The molecular weight excluding hydrogens is 394 g/mol. The second-order valence-corrected chi connectivity index (χ2v) is 8.10. The van der Waals surface area contributed by atoms with Crippen LogP contribution >= 0.6 is 0 Å². The fourth-order valence-corrected chi connectivity index (χ4v) is 3.05. The zero-order chi connectivity index (χ0) is 22.4. The highest BCUT2D eigenvalue weighted by molar-refractivity contribution is 5.94. The van der Waals surface area contributed by atoms with Gasteiger partial charge < -0.3 is 14.8 Å². The highest BCUT2D eigenvalue weighted by Crippen LogP contribution is 2.27. The maximum absolute atomic E-state index is 11.9. The van der Waals surface area contributed by atoms with Crippen molar-refractivity contribution >= 4 is 28.8 Å². The molecule has 0 fully saturated rings. The topological polar surface area (TPSA) is 90.4 Å². The minimum atomic E-state index is -0.494. The smallest absolute Gasteiger partial charge is 0.337 e. The third-order valence-electron chi connectivity index (χ3n) is 4.40. The number of ether oxygens (including phenoxy) is 2. The van der Waals surface area contributed by atoms with E-state index in [1.165, 1.54) is 7.11 Å². The standard InChI is InChI=1S/C24H27N3O4/c1-24(2,3)31-20(28)11-8-14-25-22-21(16-9-6-5-7-10-16)26-18-13-12-17(23(29)30-4)15-19(18)27-22/h5-7,9-10,12-13,15H,8,11,14H2,1-4H3,(H,25,27). The van der Waals surface area contributed by atoms with Gasteiger partial charge in [0.05, 0.1) is 23.7 Å². The number of nitrogens with one attached hydrogen (secondary N) is 1. The summed E-state index contributed by atoms with van der Waals surface area (Å²) in [6.45, 7) is 6.07. The molecule has 3 aromatic rings. The van der Waals surface area contributed by atoms with Gasteiger partial charge in [-0.1, -0.05) is 30.3 Å². The van der Waals surface area contributed by atoms with Gasteiger partial charge in [0.15, 0.2) is 5.82 Å². The van der Waals surface area contributed by atoms with Gasteiger partial charge in [0.2, 0.25) is 0 Å². The summed E-state index contributed by atoms with van der Waals surface area (Å²) >= 11 is 0. The van der Waals surface area contributed by atoms with Crippen LogP contribution in [0.1, 0.15) is 44.0 Å². The van der Waals surface area contributed by atoms with Crippen molar-refractivity contribution < 1.29 is 19.1 Å². The number of methoxy groups -OCH3 is 1. The van der Waals surface area contributed by atoms with Crippen LogP contribution in [-0.4, -0.2) is 41.2 Å². The monoisotopic (exact) mass is 421 g/mol. The van der Waals surface area contributed by atoms with Crippen LogP contribution in [0.25, 0.3) is 22.3 Å².